The highest BCUT2D eigenvalue weighted by Crippen LogP contribution is 2.20. The zero-order chi connectivity index (χ0) is 12.3. The summed E-state index contributed by atoms with van der Waals surface area (Å²) in [5.74, 6) is -0.709. The van der Waals surface area contributed by atoms with Gasteiger partial charge in [0.25, 0.3) is 0 Å². The lowest BCUT2D eigenvalue weighted by Gasteiger charge is -2.41. The number of carboxylic acid groups (broad SMARTS) is 1. The van der Waals surface area contributed by atoms with Crippen molar-refractivity contribution in [3.63, 3.8) is 0 Å². The van der Waals surface area contributed by atoms with Gasteiger partial charge in [-0.2, -0.15) is 0 Å². The van der Waals surface area contributed by atoms with E-state index in [0.29, 0.717) is 12.6 Å². The van der Waals surface area contributed by atoms with Crippen LogP contribution in [0.5, 0.6) is 0 Å². The molecule has 1 rings (SSSR count). The van der Waals surface area contributed by atoms with E-state index in [1.165, 1.54) is 0 Å². The summed E-state index contributed by atoms with van der Waals surface area (Å²) in [7, 11) is 2.15. The van der Waals surface area contributed by atoms with E-state index < -0.39 is 11.4 Å². The molecule has 1 aliphatic rings. The molecule has 1 N–H and O–H groups in total. The second kappa shape index (κ2) is 5.15. The summed E-state index contributed by atoms with van der Waals surface area (Å²) in [5, 5.41) is 9.11. The Morgan fingerprint density at radius 1 is 1.44 bits per heavy atom. The van der Waals surface area contributed by atoms with Crippen LogP contribution < -0.4 is 0 Å². The molecule has 4 heteroatoms. The Kier molecular flexibility index (Phi) is 4.33. The van der Waals surface area contributed by atoms with Gasteiger partial charge >= 0.3 is 5.97 Å². The minimum absolute atomic E-state index is 0.568. The molecule has 1 atom stereocenters. The molecule has 1 aliphatic heterocycles. The molecule has 1 fully saturated rings. The Bertz CT molecular complexity index is 253. The van der Waals surface area contributed by atoms with Crippen molar-refractivity contribution in [2.75, 3.05) is 33.2 Å². The molecule has 0 amide bonds. The molecule has 0 radical (unpaired) electrons. The van der Waals surface area contributed by atoms with Crippen molar-refractivity contribution < 1.29 is 9.90 Å². The summed E-state index contributed by atoms with van der Waals surface area (Å²) in [4.78, 5) is 15.7. The number of likely N-dealkylation sites (N-methyl/N-ethyl adjacent to an activating group) is 1. The van der Waals surface area contributed by atoms with Gasteiger partial charge in [-0.25, -0.2) is 0 Å². The van der Waals surface area contributed by atoms with Gasteiger partial charge in [-0.3, -0.25) is 9.69 Å². The van der Waals surface area contributed by atoms with E-state index in [0.717, 1.165) is 26.1 Å². The van der Waals surface area contributed by atoms with Crippen LogP contribution in [0, 0.1) is 5.41 Å². The van der Waals surface area contributed by atoms with Gasteiger partial charge in [0.2, 0.25) is 0 Å². The molecular formula is C12H24N2O2. The van der Waals surface area contributed by atoms with Gasteiger partial charge in [0, 0.05) is 32.2 Å². The topological polar surface area (TPSA) is 43.8 Å². The van der Waals surface area contributed by atoms with Gasteiger partial charge in [0.1, 0.15) is 0 Å². The number of aliphatic carboxylic acids is 1. The Labute approximate surface area is 98.2 Å². The second-order valence-corrected chi connectivity index (χ2v) is 5.47. The van der Waals surface area contributed by atoms with Crippen molar-refractivity contribution in [3.05, 3.63) is 0 Å². The van der Waals surface area contributed by atoms with Crippen molar-refractivity contribution in [2.45, 2.75) is 33.2 Å². The van der Waals surface area contributed by atoms with E-state index in [4.69, 9.17) is 5.11 Å². The van der Waals surface area contributed by atoms with Gasteiger partial charge in [-0.1, -0.05) is 6.92 Å². The van der Waals surface area contributed by atoms with Crippen LogP contribution in [0.3, 0.4) is 0 Å². The maximum absolute atomic E-state index is 11.1. The normalized spacial score (nSPS) is 24.6. The van der Waals surface area contributed by atoms with Crippen LogP contribution in [0.2, 0.25) is 0 Å². The summed E-state index contributed by atoms with van der Waals surface area (Å²) in [6, 6.07) is 0.568. The standard InChI is InChI=1S/C12H24N2O2/c1-5-10-8-14(7-6-13(10)4)9-12(2,3)11(15)16/h10H,5-9H2,1-4H3,(H,15,16). The minimum Gasteiger partial charge on any atom is -0.481 e. The van der Waals surface area contributed by atoms with Crippen LogP contribution in [0.25, 0.3) is 0 Å². The highest BCUT2D eigenvalue weighted by Gasteiger charge is 2.32. The second-order valence-electron chi connectivity index (χ2n) is 5.47. The number of piperazine rings is 1. The van der Waals surface area contributed by atoms with Gasteiger partial charge in [0.15, 0.2) is 0 Å². The van der Waals surface area contributed by atoms with E-state index in [2.05, 4.69) is 23.8 Å². The Balaban J connectivity index is 2.53. The average Bonchev–Trinajstić information content (AvgIpc) is 2.20. The molecule has 0 bridgehead atoms. The van der Waals surface area contributed by atoms with Crippen molar-refractivity contribution >= 4 is 5.97 Å². The quantitative estimate of drug-likeness (QED) is 0.783. The Hall–Kier alpha value is -0.610. The smallest absolute Gasteiger partial charge is 0.310 e. The molecule has 0 aliphatic carbocycles. The van der Waals surface area contributed by atoms with Crippen molar-refractivity contribution in [1.82, 2.24) is 9.80 Å². The van der Waals surface area contributed by atoms with Crippen molar-refractivity contribution in [2.24, 2.45) is 5.41 Å². The molecular weight excluding hydrogens is 204 g/mol. The summed E-state index contributed by atoms with van der Waals surface area (Å²) < 4.78 is 0. The minimum atomic E-state index is -0.709. The Morgan fingerprint density at radius 3 is 2.56 bits per heavy atom. The van der Waals surface area contributed by atoms with Crippen molar-refractivity contribution in [3.8, 4) is 0 Å². The predicted molar refractivity (Wildman–Crippen MR) is 64.6 cm³/mol. The molecule has 4 nitrogen and oxygen atoms in total. The molecule has 1 unspecified atom stereocenters. The monoisotopic (exact) mass is 228 g/mol. The molecule has 0 aromatic rings. The summed E-state index contributed by atoms with van der Waals surface area (Å²) >= 11 is 0. The maximum atomic E-state index is 11.1. The van der Waals surface area contributed by atoms with Crippen LogP contribution >= 0.6 is 0 Å². The molecule has 1 heterocycles. The van der Waals surface area contributed by atoms with Crippen LogP contribution in [-0.2, 0) is 4.79 Å². The fraction of sp³-hybridized carbons (Fsp3) is 0.917. The van der Waals surface area contributed by atoms with Gasteiger partial charge < -0.3 is 10.0 Å². The highest BCUT2D eigenvalue weighted by molar-refractivity contribution is 5.73. The first-order valence-electron chi connectivity index (χ1n) is 6.03. The number of hydrogen-bond donors (Lipinski definition) is 1. The summed E-state index contributed by atoms with van der Waals surface area (Å²) in [6.07, 6.45) is 1.13. The lowest BCUT2D eigenvalue weighted by molar-refractivity contribution is -0.148. The SMILES string of the molecule is CCC1CN(CC(C)(C)C(=O)O)CCN1C. The van der Waals surface area contributed by atoms with E-state index in [1.807, 2.05) is 0 Å². The van der Waals surface area contributed by atoms with Gasteiger partial charge in [-0.05, 0) is 27.3 Å². The first kappa shape index (κ1) is 13.5. The van der Waals surface area contributed by atoms with Gasteiger partial charge in [0.05, 0.1) is 5.41 Å². The van der Waals surface area contributed by atoms with E-state index in [-0.39, 0.29) is 0 Å². The fourth-order valence-electron chi connectivity index (χ4n) is 2.22. The zero-order valence-electron chi connectivity index (χ0n) is 10.9. The highest BCUT2D eigenvalue weighted by atomic mass is 16.4. The summed E-state index contributed by atoms with van der Waals surface area (Å²) in [6.45, 7) is 9.44. The number of carboxylic acids is 1. The third-order valence-corrected chi connectivity index (χ3v) is 3.53. The fourth-order valence-corrected chi connectivity index (χ4v) is 2.22. The lowest BCUT2D eigenvalue weighted by Crippen LogP contribution is -2.53. The van der Waals surface area contributed by atoms with Crippen molar-refractivity contribution in [1.29, 1.82) is 0 Å². The first-order valence-corrected chi connectivity index (χ1v) is 6.03. The summed E-state index contributed by atoms with van der Waals surface area (Å²) in [5.41, 5.74) is -0.645. The largest absolute Gasteiger partial charge is 0.481 e. The molecule has 0 aromatic heterocycles. The lowest BCUT2D eigenvalue weighted by atomic mass is 9.92. The first-order chi connectivity index (χ1) is 7.36. The maximum Gasteiger partial charge on any atom is 0.310 e. The predicted octanol–water partition coefficient (Wildman–Crippen LogP) is 1.12. The van der Waals surface area contributed by atoms with Crippen LogP contribution in [0.4, 0.5) is 0 Å². The average molecular weight is 228 g/mol. The van der Waals surface area contributed by atoms with Crippen LogP contribution in [0.1, 0.15) is 27.2 Å². The third-order valence-electron chi connectivity index (χ3n) is 3.53. The van der Waals surface area contributed by atoms with Crippen LogP contribution in [0.15, 0.2) is 0 Å². The molecule has 1 saturated heterocycles. The van der Waals surface area contributed by atoms with E-state index in [1.54, 1.807) is 13.8 Å². The third kappa shape index (κ3) is 3.19. The molecule has 0 spiro atoms. The van der Waals surface area contributed by atoms with E-state index >= 15 is 0 Å². The molecule has 0 saturated carbocycles. The zero-order valence-corrected chi connectivity index (χ0v) is 10.9. The number of carbonyl (C=O) groups is 1. The molecule has 94 valence electrons. The number of hydrogen-bond acceptors (Lipinski definition) is 3. The van der Waals surface area contributed by atoms with Gasteiger partial charge in [-0.15, -0.1) is 0 Å². The molecule has 16 heavy (non-hydrogen) atoms. The molecule has 0 aromatic carbocycles. The Morgan fingerprint density at radius 2 is 2.06 bits per heavy atom. The number of rotatable bonds is 4. The number of nitrogens with zero attached hydrogens (tertiary/aromatic N) is 2. The van der Waals surface area contributed by atoms with E-state index in [9.17, 15) is 4.79 Å². The van der Waals surface area contributed by atoms with Crippen LogP contribution in [-0.4, -0.2) is 60.1 Å².